The molecule has 0 spiro atoms. The average molecular weight is 267 g/mol. The Morgan fingerprint density at radius 3 is 2.89 bits per heavy atom. The molecule has 0 aliphatic rings. The minimum absolute atomic E-state index is 0.0297. The minimum Gasteiger partial charge on any atom is -0.507 e. The zero-order chi connectivity index (χ0) is 13.1. The van der Waals surface area contributed by atoms with E-state index in [1.165, 1.54) is 6.07 Å². The predicted molar refractivity (Wildman–Crippen MR) is 68.1 cm³/mol. The Labute approximate surface area is 108 Å². The first-order valence-electron chi connectivity index (χ1n) is 5.12. The van der Waals surface area contributed by atoms with Gasteiger partial charge in [0.1, 0.15) is 11.6 Å². The van der Waals surface area contributed by atoms with Gasteiger partial charge in [-0.15, -0.1) is 21.8 Å². The van der Waals surface area contributed by atoms with Gasteiger partial charge in [-0.1, -0.05) is 0 Å². The van der Waals surface area contributed by atoms with Gasteiger partial charge in [0.2, 0.25) is 5.89 Å². The maximum atomic E-state index is 9.76. The average Bonchev–Trinajstić information content (AvgIpc) is 2.78. The third-order valence-electron chi connectivity index (χ3n) is 2.15. The second-order valence-corrected chi connectivity index (χ2v) is 3.83. The molecule has 2 aromatic rings. The van der Waals surface area contributed by atoms with Gasteiger partial charge in [0.15, 0.2) is 0 Å². The number of alkyl halides is 1. The molecule has 1 heterocycles. The standard InChI is InChI=1S/C11H11ClN4O2/c1-6-15-16-11(18-6)8-4-7(2-3-9(8)17)14-10(13)5-12/h2-4,17H,5H2,1H3,(H2,13,14). The van der Waals surface area contributed by atoms with Crippen molar-refractivity contribution in [2.45, 2.75) is 6.92 Å². The van der Waals surface area contributed by atoms with Gasteiger partial charge in [0, 0.05) is 6.92 Å². The van der Waals surface area contributed by atoms with Crippen LogP contribution in [0.1, 0.15) is 5.89 Å². The molecule has 0 fully saturated rings. The highest BCUT2D eigenvalue weighted by atomic mass is 35.5. The molecule has 18 heavy (non-hydrogen) atoms. The van der Waals surface area contributed by atoms with Crippen molar-refractivity contribution in [3.63, 3.8) is 0 Å². The number of amidine groups is 1. The summed E-state index contributed by atoms with van der Waals surface area (Å²) in [6.07, 6.45) is 0. The Bertz CT molecular complexity index is 594. The molecule has 0 saturated carbocycles. The lowest BCUT2D eigenvalue weighted by molar-refractivity contribution is 0.471. The van der Waals surface area contributed by atoms with Gasteiger partial charge in [0.25, 0.3) is 5.89 Å². The number of nitrogens with zero attached hydrogens (tertiary/aromatic N) is 3. The van der Waals surface area contributed by atoms with Crippen molar-refractivity contribution < 1.29 is 9.52 Å². The van der Waals surface area contributed by atoms with Crippen LogP contribution in [0.25, 0.3) is 11.5 Å². The molecule has 0 saturated heterocycles. The summed E-state index contributed by atoms with van der Waals surface area (Å²) >= 11 is 5.55. The van der Waals surface area contributed by atoms with E-state index in [1.54, 1.807) is 19.1 Å². The Hall–Kier alpha value is -2.08. The maximum Gasteiger partial charge on any atom is 0.251 e. The smallest absolute Gasteiger partial charge is 0.251 e. The summed E-state index contributed by atoms with van der Waals surface area (Å²) in [7, 11) is 0. The number of nitrogens with two attached hydrogens (primary N) is 1. The summed E-state index contributed by atoms with van der Waals surface area (Å²) in [5, 5.41) is 17.3. The number of hydrogen-bond donors (Lipinski definition) is 2. The van der Waals surface area contributed by atoms with Crippen molar-refractivity contribution >= 4 is 23.1 Å². The van der Waals surface area contributed by atoms with Crippen LogP contribution in [0.5, 0.6) is 5.75 Å². The van der Waals surface area contributed by atoms with E-state index in [9.17, 15) is 5.11 Å². The number of aryl methyl sites for hydroxylation is 1. The second kappa shape index (κ2) is 5.05. The summed E-state index contributed by atoms with van der Waals surface area (Å²) in [5.41, 5.74) is 6.49. The van der Waals surface area contributed by atoms with Gasteiger partial charge in [-0.2, -0.15) is 0 Å². The van der Waals surface area contributed by atoms with Crippen molar-refractivity contribution in [3.8, 4) is 17.2 Å². The van der Waals surface area contributed by atoms with Gasteiger partial charge < -0.3 is 15.3 Å². The highest BCUT2D eigenvalue weighted by Crippen LogP contribution is 2.31. The first-order chi connectivity index (χ1) is 8.60. The topological polar surface area (TPSA) is 97.5 Å². The quantitative estimate of drug-likeness (QED) is 0.503. The number of aromatic hydroxyl groups is 1. The lowest BCUT2D eigenvalue weighted by Gasteiger charge is -2.02. The molecule has 0 radical (unpaired) electrons. The molecular formula is C11H11ClN4O2. The number of benzene rings is 1. The molecule has 0 aliphatic heterocycles. The molecule has 2 rings (SSSR count). The van der Waals surface area contributed by atoms with E-state index in [-0.39, 0.29) is 23.4 Å². The Kier molecular flexibility index (Phi) is 3.47. The summed E-state index contributed by atoms with van der Waals surface area (Å²) in [5.74, 6) is 1.10. The lowest BCUT2D eigenvalue weighted by atomic mass is 10.2. The highest BCUT2D eigenvalue weighted by molar-refractivity contribution is 6.28. The molecule has 0 unspecified atom stereocenters. The third-order valence-corrected chi connectivity index (χ3v) is 2.42. The number of aromatic nitrogens is 2. The Balaban J connectivity index is 2.45. The lowest BCUT2D eigenvalue weighted by Crippen LogP contribution is -2.12. The molecule has 1 aromatic carbocycles. The van der Waals surface area contributed by atoms with E-state index in [1.807, 2.05) is 0 Å². The van der Waals surface area contributed by atoms with Gasteiger partial charge in [0.05, 0.1) is 17.1 Å². The van der Waals surface area contributed by atoms with E-state index >= 15 is 0 Å². The van der Waals surface area contributed by atoms with Crippen LogP contribution in [-0.2, 0) is 0 Å². The van der Waals surface area contributed by atoms with E-state index in [2.05, 4.69) is 15.2 Å². The van der Waals surface area contributed by atoms with Crippen LogP contribution in [0.3, 0.4) is 0 Å². The van der Waals surface area contributed by atoms with E-state index in [0.29, 0.717) is 17.1 Å². The summed E-state index contributed by atoms with van der Waals surface area (Å²) in [6, 6.07) is 4.69. The van der Waals surface area contributed by atoms with Crippen LogP contribution < -0.4 is 5.73 Å². The Morgan fingerprint density at radius 2 is 2.28 bits per heavy atom. The fraction of sp³-hybridized carbons (Fsp3) is 0.182. The molecule has 6 nitrogen and oxygen atoms in total. The highest BCUT2D eigenvalue weighted by Gasteiger charge is 2.11. The number of halogens is 1. The number of hydrogen-bond acceptors (Lipinski definition) is 5. The van der Waals surface area contributed by atoms with Crippen molar-refractivity contribution in [1.82, 2.24) is 10.2 Å². The molecule has 94 valence electrons. The third kappa shape index (κ3) is 2.60. The van der Waals surface area contributed by atoms with Crippen LogP contribution >= 0.6 is 11.6 Å². The Morgan fingerprint density at radius 1 is 1.50 bits per heavy atom. The normalized spacial score (nSPS) is 11.8. The van der Waals surface area contributed by atoms with E-state index in [0.717, 1.165) is 0 Å². The van der Waals surface area contributed by atoms with Gasteiger partial charge >= 0.3 is 0 Å². The van der Waals surface area contributed by atoms with Crippen molar-refractivity contribution in [2.24, 2.45) is 10.7 Å². The van der Waals surface area contributed by atoms with Crippen molar-refractivity contribution in [1.29, 1.82) is 0 Å². The van der Waals surface area contributed by atoms with Gasteiger partial charge in [-0.3, -0.25) is 0 Å². The molecule has 0 amide bonds. The largest absolute Gasteiger partial charge is 0.507 e. The van der Waals surface area contributed by atoms with Crippen LogP contribution in [0.2, 0.25) is 0 Å². The second-order valence-electron chi connectivity index (χ2n) is 3.56. The van der Waals surface area contributed by atoms with Crippen LogP contribution in [0.4, 0.5) is 5.69 Å². The number of phenols is 1. The van der Waals surface area contributed by atoms with Crippen molar-refractivity contribution in [2.75, 3.05) is 5.88 Å². The zero-order valence-corrected chi connectivity index (χ0v) is 10.3. The van der Waals surface area contributed by atoms with Crippen LogP contribution in [0, 0.1) is 6.92 Å². The molecule has 7 heteroatoms. The fourth-order valence-corrected chi connectivity index (χ4v) is 1.43. The SMILES string of the molecule is Cc1nnc(-c2cc(N=C(N)CCl)ccc2O)o1. The van der Waals surface area contributed by atoms with Crippen LogP contribution in [-0.4, -0.2) is 27.0 Å². The summed E-state index contributed by atoms with van der Waals surface area (Å²) in [4.78, 5) is 4.07. The number of aliphatic imine (C=N–C) groups is 1. The predicted octanol–water partition coefficient (Wildman–Crippen LogP) is 1.98. The fourth-order valence-electron chi connectivity index (χ4n) is 1.37. The summed E-state index contributed by atoms with van der Waals surface area (Å²) < 4.78 is 5.25. The zero-order valence-electron chi connectivity index (χ0n) is 9.59. The van der Waals surface area contributed by atoms with E-state index in [4.69, 9.17) is 21.8 Å². The minimum atomic E-state index is 0.0297. The monoisotopic (exact) mass is 266 g/mol. The first kappa shape index (κ1) is 12.4. The maximum absolute atomic E-state index is 9.76. The summed E-state index contributed by atoms with van der Waals surface area (Å²) in [6.45, 7) is 1.67. The van der Waals surface area contributed by atoms with E-state index < -0.39 is 0 Å². The number of phenolic OH excluding ortho intramolecular Hbond substituents is 1. The molecule has 1 aromatic heterocycles. The molecule has 0 aliphatic carbocycles. The molecular weight excluding hydrogens is 256 g/mol. The molecule has 3 N–H and O–H groups in total. The number of rotatable bonds is 3. The van der Waals surface area contributed by atoms with Crippen LogP contribution in [0.15, 0.2) is 27.6 Å². The first-order valence-corrected chi connectivity index (χ1v) is 5.66. The van der Waals surface area contributed by atoms with Gasteiger partial charge in [-0.25, -0.2) is 4.99 Å². The molecule has 0 bridgehead atoms. The van der Waals surface area contributed by atoms with Crippen molar-refractivity contribution in [3.05, 3.63) is 24.1 Å². The molecule has 0 atom stereocenters. The van der Waals surface area contributed by atoms with Gasteiger partial charge in [-0.05, 0) is 18.2 Å².